The minimum atomic E-state index is 0.237. The van der Waals surface area contributed by atoms with E-state index in [9.17, 15) is 5.41 Å². The van der Waals surface area contributed by atoms with Gasteiger partial charge in [0, 0.05) is 41.8 Å². The van der Waals surface area contributed by atoms with Crippen LogP contribution in [0.25, 0.3) is 54.6 Å². The smallest absolute Gasteiger partial charge is 0.108 e. The summed E-state index contributed by atoms with van der Waals surface area (Å²) in [5, 5.41) is 15.8. The maximum atomic E-state index is 10.3. The lowest BCUT2D eigenvalue weighted by atomic mass is 9.88. The number of fused-ring (bicyclic) bond motifs is 1. The van der Waals surface area contributed by atoms with Gasteiger partial charge in [0.2, 0.25) is 0 Å². The SMILES string of the molecule is N=C1C(c2ccc(C(=C(c3ccccc3)c3ccccc3)c3ccccc3)s2)=c2nc(-c3cccs3)c(-c3cccs3)nc2=C(c2ccc(C(=C(c3ccccc3)c3ccccc3)c3ccccc3)s2)/C1=N/S. The van der Waals surface area contributed by atoms with Crippen molar-refractivity contribution in [3.05, 3.63) is 305 Å². The Kier molecular flexibility index (Phi) is 13.1. The first-order valence-corrected chi connectivity index (χ1v) is 27.5. The third-order valence-electron chi connectivity index (χ3n) is 12.8. The van der Waals surface area contributed by atoms with E-state index in [1.54, 1.807) is 45.3 Å². The average Bonchev–Trinajstić information content (AvgIpc) is 4.33. The monoisotopic (exact) mass is 1030 g/mol. The Morgan fingerprint density at radius 1 is 0.356 bits per heavy atom. The molecule has 0 aliphatic heterocycles. The molecule has 0 saturated carbocycles. The molecule has 5 aromatic heterocycles. The fourth-order valence-corrected chi connectivity index (χ4v) is 13.5. The Morgan fingerprint density at radius 2 is 0.685 bits per heavy atom. The molecule has 348 valence electrons. The van der Waals surface area contributed by atoms with Crippen LogP contribution in [-0.4, -0.2) is 21.4 Å². The van der Waals surface area contributed by atoms with Crippen molar-refractivity contribution in [3.8, 4) is 21.1 Å². The van der Waals surface area contributed by atoms with Crippen molar-refractivity contribution in [2.45, 2.75) is 0 Å². The van der Waals surface area contributed by atoms with E-state index in [2.05, 4.69) is 241 Å². The molecule has 0 radical (unpaired) electrons. The predicted octanol–water partition coefficient (Wildman–Crippen LogP) is 15.8. The van der Waals surface area contributed by atoms with Crippen molar-refractivity contribution in [2.75, 3.05) is 0 Å². The molecule has 0 amide bonds. The Hall–Kier alpha value is -7.89. The normalized spacial score (nSPS) is 12.7. The Morgan fingerprint density at radius 3 is 1.01 bits per heavy atom. The second-order valence-electron chi connectivity index (χ2n) is 17.2. The van der Waals surface area contributed by atoms with Gasteiger partial charge in [0.1, 0.15) is 27.8 Å². The van der Waals surface area contributed by atoms with Gasteiger partial charge in [-0.15, -0.1) is 45.3 Å². The van der Waals surface area contributed by atoms with E-state index >= 15 is 0 Å². The summed E-state index contributed by atoms with van der Waals surface area (Å²) in [6.07, 6.45) is 0. The van der Waals surface area contributed by atoms with Crippen LogP contribution >= 0.6 is 58.2 Å². The van der Waals surface area contributed by atoms with Crippen molar-refractivity contribution in [1.82, 2.24) is 9.97 Å². The number of hydrogen-bond acceptors (Lipinski definition) is 9. The first kappa shape index (κ1) is 46.2. The molecule has 4 nitrogen and oxygen atoms in total. The van der Waals surface area contributed by atoms with E-state index in [-0.39, 0.29) is 5.71 Å². The van der Waals surface area contributed by atoms with Crippen LogP contribution in [0.1, 0.15) is 52.9 Å². The van der Waals surface area contributed by atoms with Gasteiger partial charge in [0.25, 0.3) is 0 Å². The second-order valence-corrected chi connectivity index (χ2v) is 21.4. The maximum absolute atomic E-state index is 10.3. The molecular weight excluding hydrogens is 985 g/mol. The molecule has 0 spiro atoms. The third-order valence-corrected chi connectivity index (χ3v) is 17.0. The highest BCUT2D eigenvalue weighted by Crippen LogP contribution is 2.44. The summed E-state index contributed by atoms with van der Waals surface area (Å²) in [6.45, 7) is 0. The lowest BCUT2D eigenvalue weighted by Gasteiger charge is -2.19. The first-order valence-electron chi connectivity index (χ1n) is 23.7. The fraction of sp³-hybridized carbons (Fsp3) is 0. The molecule has 5 heterocycles. The van der Waals surface area contributed by atoms with Crippen LogP contribution in [-0.2, 0) is 0 Å². The Labute approximate surface area is 445 Å². The zero-order chi connectivity index (χ0) is 49.1. The minimum absolute atomic E-state index is 0.237. The average molecular weight is 1030 g/mol. The molecule has 0 bridgehead atoms. The zero-order valence-corrected chi connectivity index (χ0v) is 43.2. The van der Waals surface area contributed by atoms with Gasteiger partial charge >= 0.3 is 0 Å². The molecule has 0 unspecified atom stereocenters. The molecule has 6 aromatic carbocycles. The van der Waals surface area contributed by atoms with Crippen LogP contribution in [0.3, 0.4) is 0 Å². The van der Waals surface area contributed by atoms with Gasteiger partial charge < -0.3 is 0 Å². The van der Waals surface area contributed by atoms with Gasteiger partial charge in [0.15, 0.2) is 0 Å². The molecule has 1 aliphatic carbocycles. The predicted molar refractivity (Wildman–Crippen MR) is 314 cm³/mol. The van der Waals surface area contributed by atoms with E-state index in [4.69, 9.17) is 27.2 Å². The molecule has 12 rings (SSSR count). The molecule has 0 atom stereocenters. The van der Waals surface area contributed by atoms with Crippen molar-refractivity contribution in [1.29, 1.82) is 5.41 Å². The highest BCUT2D eigenvalue weighted by atomic mass is 32.1. The van der Waals surface area contributed by atoms with E-state index in [1.807, 2.05) is 0 Å². The summed E-state index contributed by atoms with van der Waals surface area (Å²) in [4.78, 5) is 17.3. The quantitative estimate of drug-likeness (QED) is 0.0946. The summed E-state index contributed by atoms with van der Waals surface area (Å²) >= 11 is 11.3. The van der Waals surface area contributed by atoms with Gasteiger partial charge in [-0.3, -0.25) is 5.41 Å². The number of aromatic nitrogens is 2. The number of hydrogen-bond donors (Lipinski definition) is 2. The topological polar surface area (TPSA) is 62.0 Å². The van der Waals surface area contributed by atoms with Gasteiger partial charge in [-0.1, -0.05) is 194 Å². The largest absolute Gasteiger partial charge is 0.298 e. The zero-order valence-electron chi connectivity index (χ0n) is 39.0. The number of rotatable bonds is 12. The molecule has 73 heavy (non-hydrogen) atoms. The Bertz CT molecular complexity index is 3910. The third kappa shape index (κ3) is 8.96. The number of thiophene rings is 4. The molecule has 1 N–H and O–H groups in total. The van der Waals surface area contributed by atoms with Crippen LogP contribution in [0.5, 0.6) is 0 Å². The lowest BCUT2D eigenvalue weighted by molar-refractivity contribution is 1.10. The maximum Gasteiger partial charge on any atom is 0.108 e. The van der Waals surface area contributed by atoms with Crippen LogP contribution in [0.15, 0.2) is 246 Å². The van der Waals surface area contributed by atoms with Crippen molar-refractivity contribution in [3.63, 3.8) is 0 Å². The standard InChI is InChI=1S/C64H42N4S5/c65-59-57(49-37-35-47(72-49)55(45-29-15-5-16-30-45)53(41-21-7-1-8-22-41)42-23-9-2-10-24-42)63-64(67-61(52-34-20-40-71-52)60(66-63)51-33-19-39-70-51)58(62(59)68-69)50-38-36-48(73-50)56(46-31-17-6-18-32-46)54(43-25-11-3-12-26-43)44-27-13-4-14-28-44/h1-40,65,69H/b65-59?,68-62-. The summed E-state index contributed by atoms with van der Waals surface area (Å²) in [6, 6.07) is 80.7. The molecule has 0 fully saturated rings. The van der Waals surface area contributed by atoms with Crippen molar-refractivity contribution < 1.29 is 0 Å². The van der Waals surface area contributed by atoms with Gasteiger partial charge in [0.05, 0.1) is 15.5 Å². The van der Waals surface area contributed by atoms with E-state index in [1.165, 1.54) is 0 Å². The molecule has 9 heteroatoms. The Balaban J connectivity index is 1.15. The first-order chi connectivity index (χ1) is 36.1. The van der Waals surface area contributed by atoms with Crippen LogP contribution < -0.4 is 10.7 Å². The number of benzene rings is 6. The van der Waals surface area contributed by atoms with Crippen molar-refractivity contribution in [2.24, 2.45) is 4.40 Å². The highest BCUT2D eigenvalue weighted by molar-refractivity contribution is 7.79. The molecule has 1 aliphatic rings. The van der Waals surface area contributed by atoms with E-state index < -0.39 is 0 Å². The number of nitrogens with one attached hydrogen (secondary N) is 1. The number of thiol groups is 1. The van der Waals surface area contributed by atoms with Gasteiger partial charge in [-0.25, -0.2) is 14.4 Å². The molecular formula is C64H42N4S5. The summed E-state index contributed by atoms with van der Waals surface area (Å²) < 4.78 is 4.72. The van der Waals surface area contributed by atoms with Crippen LogP contribution in [0.4, 0.5) is 0 Å². The lowest BCUT2D eigenvalue weighted by Crippen LogP contribution is -2.45. The molecule has 11 aromatic rings. The van der Waals surface area contributed by atoms with Crippen LogP contribution in [0, 0.1) is 5.41 Å². The summed E-state index contributed by atoms with van der Waals surface area (Å²) in [5.74, 6) is 0. The fourth-order valence-electron chi connectivity index (χ4n) is 9.57. The van der Waals surface area contributed by atoms with E-state index in [0.29, 0.717) is 22.0 Å². The van der Waals surface area contributed by atoms with Gasteiger partial charge in [-0.2, -0.15) is 0 Å². The summed E-state index contributed by atoms with van der Waals surface area (Å²) in [7, 11) is 0. The second kappa shape index (κ2) is 20.7. The van der Waals surface area contributed by atoms with E-state index in [0.717, 1.165) is 102 Å². The number of nitrogens with zero attached hydrogens (tertiary/aromatic N) is 3. The minimum Gasteiger partial charge on any atom is -0.298 e. The van der Waals surface area contributed by atoms with Crippen molar-refractivity contribution >= 4 is 103 Å². The molecule has 0 saturated heterocycles. The highest BCUT2D eigenvalue weighted by Gasteiger charge is 2.32. The summed E-state index contributed by atoms with van der Waals surface area (Å²) in [5.41, 5.74) is 14.7. The van der Waals surface area contributed by atoms with Gasteiger partial charge in [-0.05, 0) is 105 Å². The van der Waals surface area contributed by atoms with Crippen LogP contribution in [0.2, 0.25) is 0 Å².